The predicted molar refractivity (Wildman–Crippen MR) is 111 cm³/mol. The summed E-state index contributed by atoms with van der Waals surface area (Å²) in [5.74, 6) is -3.22. The number of carbonyl (C=O) groups excluding carboxylic acids is 4. The summed E-state index contributed by atoms with van der Waals surface area (Å²) in [6, 6.07) is 13.8. The number of amides is 2. The Morgan fingerprint density at radius 2 is 0.933 bits per heavy atom. The van der Waals surface area contributed by atoms with E-state index in [4.69, 9.17) is 9.47 Å². The summed E-state index contributed by atoms with van der Waals surface area (Å²) < 4.78 is 10.1. The van der Waals surface area contributed by atoms with Gasteiger partial charge < -0.3 is 20.1 Å². The molecule has 2 amide bonds. The minimum atomic E-state index is -1.68. The Hall–Kier alpha value is -3.68. The fourth-order valence-electron chi connectivity index (χ4n) is 2.56. The summed E-state index contributed by atoms with van der Waals surface area (Å²) in [6.07, 6.45) is -3.36. The number of esters is 2. The maximum Gasteiger partial charge on any atom is 0.303 e. The summed E-state index contributed by atoms with van der Waals surface area (Å²) >= 11 is 0. The van der Waals surface area contributed by atoms with E-state index in [0.717, 1.165) is 25.0 Å². The first-order valence-electron chi connectivity index (χ1n) is 9.25. The van der Waals surface area contributed by atoms with Crippen LogP contribution in [-0.4, -0.2) is 36.0 Å². The number of hydrogen-bond acceptors (Lipinski definition) is 6. The van der Waals surface area contributed by atoms with Crippen molar-refractivity contribution < 1.29 is 28.7 Å². The van der Waals surface area contributed by atoms with Crippen molar-refractivity contribution in [3.63, 3.8) is 0 Å². The maximum absolute atomic E-state index is 12.8. The van der Waals surface area contributed by atoms with E-state index in [9.17, 15) is 19.2 Å². The first-order chi connectivity index (χ1) is 14.2. The molecule has 8 nitrogen and oxygen atoms in total. The Balaban J connectivity index is 2.28. The lowest BCUT2D eigenvalue weighted by Crippen LogP contribution is -2.49. The van der Waals surface area contributed by atoms with Crippen LogP contribution in [0.3, 0.4) is 0 Å². The summed E-state index contributed by atoms with van der Waals surface area (Å²) in [4.78, 5) is 48.8. The number of aryl methyl sites for hydroxylation is 2. The molecule has 0 aromatic heterocycles. The zero-order valence-electron chi connectivity index (χ0n) is 17.2. The van der Waals surface area contributed by atoms with Crippen molar-refractivity contribution in [1.29, 1.82) is 0 Å². The molecule has 2 aromatic carbocycles. The van der Waals surface area contributed by atoms with Crippen molar-refractivity contribution in [2.75, 3.05) is 10.6 Å². The average Bonchev–Trinajstić information content (AvgIpc) is 2.67. The number of nitrogens with one attached hydrogen (secondary N) is 2. The van der Waals surface area contributed by atoms with Crippen molar-refractivity contribution in [1.82, 2.24) is 0 Å². The van der Waals surface area contributed by atoms with E-state index in [2.05, 4.69) is 10.6 Å². The van der Waals surface area contributed by atoms with Crippen LogP contribution in [0.4, 0.5) is 11.4 Å². The van der Waals surface area contributed by atoms with E-state index in [1.54, 1.807) is 48.5 Å². The zero-order valence-corrected chi connectivity index (χ0v) is 17.2. The van der Waals surface area contributed by atoms with Crippen molar-refractivity contribution in [2.45, 2.75) is 39.9 Å². The fraction of sp³-hybridized carbons (Fsp3) is 0.273. The van der Waals surface area contributed by atoms with E-state index in [-0.39, 0.29) is 0 Å². The van der Waals surface area contributed by atoms with E-state index in [0.29, 0.717) is 11.4 Å². The van der Waals surface area contributed by atoms with Crippen LogP contribution >= 0.6 is 0 Å². The second kappa shape index (κ2) is 10.2. The third-order valence-electron chi connectivity index (χ3n) is 4.02. The van der Waals surface area contributed by atoms with E-state index >= 15 is 0 Å². The molecule has 2 rings (SSSR count). The second-order valence-corrected chi connectivity index (χ2v) is 6.77. The molecule has 0 aliphatic carbocycles. The molecule has 0 aliphatic heterocycles. The summed E-state index contributed by atoms with van der Waals surface area (Å²) in [5.41, 5.74) is 2.84. The summed E-state index contributed by atoms with van der Waals surface area (Å²) in [7, 11) is 0. The molecule has 30 heavy (non-hydrogen) atoms. The summed E-state index contributed by atoms with van der Waals surface area (Å²) in [5, 5.41) is 5.13. The minimum Gasteiger partial charge on any atom is -0.448 e. The first kappa shape index (κ1) is 22.6. The van der Waals surface area contributed by atoms with Crippen LogP contribution in [0.25, 0.3) is 0 Å². The zero-order chi connectivity index (χ0) is 22.3. The Kier molecular flexibility index (Phi) is 7.69. The molecule has 0 radical (unpaired) electrons. The van der Waals surface area contributed by atoms with Gasteiger partial charge in [0.1, 0.15) is 0 Å². The number of ether oxygens (including phenoxy) is 2. The molecule has 0 unspecified atom stereocenters. The maximum atomic E-state index is 12.8. The number of rotatable bonds is 7. The van der Waals surface area contributed by atoms with Crippen LogP contribution in [-0.2, 0) is 28.7 Å². The second-order valence-electron chi connectivity index (χ2n) is 6.77. The van der Waals surface area contributed by atoms with Crippen LogP contribution in [0, 0.1) is 13.8 Å². The summed E-state index contributed by atoms with van der Waals surface area (Å²) in [6.45, 7) is 5.96. The molecular formula is C22H24N2O6. The largest absolute Gasteiger partial charge is 0.448 e. The minimum absolute atomic E-state index is 0.434. The lowest BCUT2D eigenvalue weighted by atomic mass is 10.1. The van der Waals surface area contributed by atoms with Gasteiger partial charge in [-0.25, -0.2) is 0 Å². The van der Waals surface area contributed by atoms with Gasteiger partial charge in [-0.2, -0.15) is 0 Å². The standard InChI is InChI=1S/C22H24N2O6/c1-13-5-9-17(10-6-13)23-21(27)19(29-15(3)25)20(30-16(4)26)22(28)24-18-11-7-14(2)8-12-18/h5-12,19-20H,1-4H3,(H,23,27)(H,24,28)/t19-,20+. The SMILES string of the molecule is CC(=O)O[C@H](C(=O)Nc1ccc(C)cc1)[C@@H](OC(C)=O)C(=O)Nc1ccc(C)cc1. The first-order valence-corrected chi connectivity index (χ1v) is 9.25. The Morgan fingerprint density at radius 1 is 0.633 bits per heavy atom. The van der Waals surface area contributed by atoms with Gasteiger partial charge in [0, 0.05) is 25.2 Å². The third kappa shape index (κ3) is 6.73. The van der Waals surface area contributed by atoms with Gasteiger partial charge in [0.15, 0.2) is 0 Å². The van der Waals surface area contributed by atoms with Gasteiger partial charge in [-0.3, -0.25) is 19.2 Å². The molecule has 2 aromatic rings. The highest BCUT2D eigenvalue weighted by atomic mass is 16.6. The topological polar surface area (TPSA) is 111 Å². The average molecular weight is 412 g/mol. The Labute approximate surface area is 174 Å². The van der Waals surface area contributed by atoms with Crippen molar-refractivity contribution in [3.8, 4) is 0 Å². The number of hydrogen-bond donors (Lipinski definition) is 2. The quantitative estimate of drug-likeness (QED) is 0.677. The molecule has 0 aliphatic rings. The monoisotopic (exact) mass is 412 g/mol. The molecule has 0 bridgehead atoms. The van der Waals surface area contributed by atoms with Crippen LogP contribution in [0.1, 0.15) is 25.0 Å². The molecule has 0 saturated heterocycles. The molecule has 2 atom stereocenters. The van der Waals surface area contributed by atoms with Crippen LogP contribution in [0.2, 0.25) is 0 Å². The molecule has 158 valence electrons. The smallest absolute Gasteiger partial charge is 0.303 e. The Morgan fingerprint density at radius 3 is 1.20 bits per heavy atom. The fourth-order valence-corrected chi connectivity index (χ4v) is 2.56. The molecule has 0 fully saturated rings. The van der Waals surface area contributed by atoms with Gasteiger partial charge in [0.2, 0.25) is 12.2 Å². The van der Waals surface area contributed by atoms with E-state index < -0.39 is 36.0 Å². The van der Waals surface area contributed by atoms with Crippen LogP contribution in [0.5, 0.6) is 0 Å². The predicted octanol–water partition coefficient (Wildman–Crippen LogP) is 2.74. The molecule has 8 heteroatoms. The highest BCUT2D eigenvalue weighted by Gasteiger charge is 2.39. The van der Waals surface area contributed by atoms with Crippen molar-refractivity contribution in [3.05, 3.63) is 59.7 Å². The van der Waals surface area contributed by atoms with Crippen LogP contribution < -0.4 is 10.6 Å². The molecule has 0 spiro atoms. The van der Waals surface area contributed by atoms with Gasteiger partial charge in [0.05, 0.1) is 0 Å². The molecule has 0 heterocycles. The van der Waals surface area contributed by atoms with E-state index in [1.165, 1.54) is 0 Å². The van der Waals surface area contributed by atoms with Gasteiger partial charge >= 0.3 is 11.9 Å². The van der Waals surface area contributed by atoms with Crippen molar-refractivity contribution in [2.24, 2.45) is 0 Å². The number of anilines is 2. The molecule has 0 saturated carbocycles. The normalized spacial score (nSPS) is 12.3. The Bertz CT molecular complexity index is 844. The number of carbonyl (C=O) groups is 4. The van der Waals surface area contributed by atoms with Gasteiger partial charge in [-0.15, -0.1) is 0 Å². The molecular weight excluding hydrogens is 388 g/mol. The number of benzene rings is 2. The van der Waals surface area contributed by atoms with Gasteiger partial charge in [-0.1, -0.05) is 35.4 Å². The highest BCUT2D eigenvalue weighted by molar-refractivity contribution is 6.03. The third-order valence-corrected chi connectivity index (χ3v) is 4.02. The van der Waals surface area contributed by atoms with Gasteiger partial charge in [-0.05, 0) is 38.1 Å². The highest BCUT2D eigenvalue weighted by Crippen LogP contribution is 2.16. The van der Waals surface area contributed by atoms with E-state index in [1.807, 2.05) is 13.8 Å². The lowest BCUT2D eigenvalue weighted by Gasteiger charge is -2.24. The van der Waals surface area contributed by atoms with Crippen LogP contribution in [0.15, 0.2) is 48.5 Å². The lowest BCUT2D eigenvalue weighted by molar-refractivity contribution is -0.171. The van der Waals surface area contributed by atoms with Crippen molar-refractivity contribution >= 4 is 35.1 Å². The molecule has 2 N–H and O–H groups in total. The van der Waals surface area contributed by atoms with Gasteiger partial charge in [0.25, 0.3) is 11.8 Å².